The van der Waals surface area contributed by atoms with Gasteiger partial charge in [0.2, 0.25) is 0 Å². The molecule has 0 atom stereocenters. The lowest BCUT2D eigenvalue weighted by Gasteiger charge is -1.92. The maximum Gasteiger partial charge on any atom is 0.0916 e. The summed E-state index contributed by atoms with van der Waals surface area (Å²) in [6.07, 6.45) is 1.76. The fourth-order valence-corrected chi connectivity index (χ4v) is 1.54. The summed E-state index contributed by atoms with van der Waals surface area (Å²) in [7, 11) is 0. The Labute approximate surface area is 77.3 Å². The van der Waals surface area contributed by atoms with Gasteiger partial charge in [-0.1, -0.05) is 0 Å². The normalized spacial score (nSPS) is 10.6. The standard InChI is InChI=1S/C7H6IN3/c8-6-1-2-7-5(3-6)4-10-11(7)9/h1-4H,9H2. The number of halogens is 1. The van der Waals surface area contributed by atoms with Crippen molar-refractivity contribution in [2.45, 2.75) is 0 Å². The van der Waals surface area contributed by atoms with Crippen molar-refractivity contribution >= 4 is 33.5 Å². The van der Waals surface area contributed by atoms with Crippen LogP contribution in [0.4, 0.5) is 0 Å². The van der Waals surface area contributed by atoms with E-state index in [0.717, 1.165) is 10.9 Å². The van der Waals surface area contributed by atoms with E-state index in [1.54, 1.807) is 6.20 Å². The maximum atomic E-state index is 5.53. The lowest BCUT2D eigenvalue weighted by molar-refractivity contribution is 0.862. The predicted octanol–water partition coefficient (Wildman–Crippen LogP) is 1.35. The highest BCUT2D eigenvalue weighted by molar-refractivity contribution is 14.1. The van der Waals surface area contributed by atoms with Crippen molar-refractivity contribution in [3.05, 3.63) is 28.0 Å². The summed E-state index contributed by atoms with van der Waals surface area (Å²) in [5.41, 5.74) is 0.963. The zero-order chi connectivity index (χ0) is 7.84. The summed E-state index contributed by atoms with van der Waals surface area (Å²) >= 11 is 2.26. The number of aromatic nitrogens is 2. The maximum absolute atomic E-state index is 5.53. The monoisotopic (exact) mass is 259 g/mol. The summed E-state index contributed by atoms with van der Waals surface area (Å²) < 4.78 is 1.20. The molecule has 0 aliphatic heterocycles. The minimum absolute atomic E-state index is 0.963. The molecule has 0 saturated heterocycles. The van der Waals surface area contributed by atoms with Crippen LogP contribution in [0.25, 0.3) is 10.9 Å². The first-order chi connectivity index (χ1) is 5.27. The number of nitrogens with two attached hydrogens (primary N) is 1. The van der Waals surface area contributed by atoms with Crippen molar-refractivity contribution in [3.8, 4) is 0 Å². The Balaban J connectivity index is 2.86. The molecule has 0 spiro atoms. The van der Waals surface area contributed by atoms with Crippen LogP contribution in [-0.4, -0.2) is 9.89 Å². The number of hydrogen-bond acceptors (Lipinski definition) is 2. The molecule has 0 unspecified atom stereocenters. The molecule has 0 aliphatic rings. The second-order valence-corrected chi connectivity index (χ2v) is 3.54. The molecule has 1 aromatic carbocycles. The average Bonchev–Trinajstić information content (AvgIpc) is 2.32. The second-order valence-electron chi connectivity index (χ2n) is 2.29. The highest BCUT2D eigenvalue weighted by atomic mass is 127. The third-order valence-corrected chi connectivity index (χ3v) is 2.23. The number of nitrogens with zero attached hydrogens (tertiary/aromatic N) is 2. The second kappa shape index (κ2) is 2.37. The smallest absolute Gasteiger partial charge is 0.0916 e. The number of fused-ring (bicyclic) bond motifs is 1. The molecule has 0 aliphatic carbocycles. The summed E-state index contributed by atoms with van der Waals surface area (Å²) in [4.78, 5) is 1.38. The Kier molecular flexibility index (Phi) is 1.49. The van der Waals surface area contributed by atoms with Crippen LogP contribution < -0.4 is 5.84 Å². The van der Waals surface area contributed by atoms with Gasteiger partial charge in [-0.05, 0) is 40.8 Å². The quantitative estimate of drug-likeness (QED) is 0.573. The van der Waals surface area contributed by atoms with Gasteiger partial charge in [0.05, 0.1) is 11.7 Å². The van der Waals surface area contributed by atoms with Gasteiger partial charge in [0.15, 0.2) is 0 Å². The topological polar surface area (TPSA) is 43.8 Å². The molecule has 4 heteroatoms. The van der Waals surface area contributed by atoms with Crippen molar-refractivity contribution in [3.63, 3.8) is 0 Å². The van der Waals surface area contributed by atoms with Crippen LogP contribution in [0, 0.1) is 3.57 Å². The third-order valence-electron chi connectivity index (χ3n) is 1.56. The predicted molar refractivity (Wildman–Crippen MR) is 52.6 cm³/mol. The molecule has 1 heterocycles. The molecule has 0 fully saturated rings. The van der Waals surface area contributed by atoms with E-state index in [1.807, 2.05) is 18.2 Å². The summed E-state index contributed by atoms with van der Waals surface area (Å²) in [6, 6.07) is 6.02. The fourth-order valence-electron chi connectivity index (χ4n) is 1.02. The van der Waals surface area contributed by atoms with Gasteiger partial charge >= 0.3 is 0 Å². The average molecular weight is 259 g/mol. The molecule has 2 N–H and O–H groups in total. The Bertz CT molecular complexity index is 393. The van der Waals surface area contributed by atoms with Crippen molar-refractivity contribution in [1.82, 2.24) is 9.89 Å². The molecule has 3 nitrogen and oxygen atoms in total. The Morgan fingerprint density at radius 1 is 1.45 bits per heavy atom. The van der Waals surface area contributed by atoms with E-state index in [0.29, 0.717) is 0 Å². The van der Waals surface area contributed by atoms with Crippen LogP contribution >= 0.6 is 22.6 Å². The first-order valence-corrected chi connectivity index (χ1v) is 4.23. The molecule has 0 radical (unpaired) electrons. The largest absolute Gasteiger partial charge is 0.323 e. The Hall–Kier alpha value is -0.780. The van der Waals surface area contributed by atoms with Crippen LogP contribution in [0.15, 0.2) is 24.4 Å². The minimum Gasteiger partial charge on any atom is -0.323 e. The van der Waals surface area contributed by atoms with Crippen LogP contribution in [0.3, 0.4) is 0 Å². The minimum atomic E-state index is 0.963. The van der Waals surface area contributed by atoms with Crippen LogP contribution in [-0.2, 0) is 0 Å². The summed E-state index contributed by atoms with van der Waals surface area (Å²) in [5, 5.41) is 5.01. The number of hydrogen-bond donors (Lipinski definition) is 1. The molecule has 11 heavy (non-hydrogen) atoms. The zero-order valence-corrected chi connectivity index (χ0v) is 7.82. The van der Waals surface area contributed by atoms with Crippen LogP contribution in [0.1, 0.15) is 0 Å². The van der Waals surface area contributed by atoms with E-state index < -0.39 is 0 Å². The fraction of sp³-hybridized carbons (Fsp3) is 0. The first kappa shape index (κ1) is 6.90. The van der Waals surface area contributed by atoms with E-state index >= 15 is 0 Å². The highest BCUT2D eigenvalue weighted by Gasteiger charge is 1.98. The van der Waals surface area contributed by atoms with E-state index in [2.05, 4.69) is 27.7 Å². The van der Waals surface area contributed by atoms with Crippen molar-refractivity contribution in [2.75, 3.05) is 5.84 Å². The Morgan fingerprint density at radius 2 is 2.27 bits per heavy atom. The van der Waals surface area contributed by atoms with Gasteiger partial charge in [0.1, 0.15) is 0 Å². The molecule has 56 valence electrons. The third kappa shape index (κ3) is 1.07. The van der Waals surface area contributed by atoms with Gasteiger partial charge < -0.3 is 5.84 Å². The molecule has 0 bridgehead atoms. The molecular weight excluding hydrogens is 253 g/mol. The molecule has 0 amide bonds. The first-order valence-electron chi connectivity index (χ1n) is 3.16. The SMILES string of the molecule is Nn1ncc2cc(I)ccc21. The molecule has 2 rings (SSSR count). The summed E-state index contributed by atoms with van der Waals surface area (Å²) in [6.45, 7) is 0. The molecule has 0 saturated carbocycles. The van der Waals surface area contributed by atoms with Gasteiger partial charge in [-0.3, -0.25) is 0 Å². The van der Waals surface area contributed by atoms with Gasteiger partial charge in [0, 0.05) is 8.96 Å². The lowest BCUT2D eigenvalue weighted by Crippen LogP contribution is -2.08. The van der Waals surface area contributed by atoms with Crippen molar-refractivity contribution in [2.24, 2.45) is 0 Å². The molecule has 2 aromatic rings. The molecular formula is C7H6IN3. The van der Waals surface area contributed by atoms with Gasteiger partial charge in [0.25, 0.3) is 0 Å². The molecule has 1 aromatic heterocycles. The lowest BCUT2D eigenvalue weighted by atomic mass is 10.3. The van der Waals surface area contributed by atoms with Crippen LogP contribution in [0.5, 0.6) is 0 Å². The van der Waals surface area contributed by atoms with E-state index in [4.69, 9.17) is 5.84 Å². The van der Waals surface area contributed by atoms with E-state index in [-0.39, 0.29) is 0 Å². The van der Waals surface area contributed by atoms with Crippen LogP contribution in [0.2, 0.25) is 0 Å². The van der Waals surface area contributed by atoms with Crippen molar-refractivity contribution in [1.29, 1.82) is 0 Å². The zero-order valence-electron chi connectivity index (χ0n) is 5.66. The Morgan fingerprint density at radius 3 is 3.09 bits per heavy atom. The van der Waals surface area contributed by atoms with E-state index in [1.165, 1.54) is 8.36 Å². The number of rotatable bonds is 0. The van der Waals surface area contributed by atoms with Crippen molar-refractivity contribution < 1.29 is 0 Å². The van der Waals surface area contributed by atoms with Gasteiger partial charge in [-0.15, -0.1) is 0 Å². The number of benzene rings is 1. The van der Waals surface area contributed by atoms with E-state index in [9.17, 15) is 0 Å². The highest BCUT2D eigenvalue weighted by Crippen LogP contribution is 2.14. The van der Waals surface area contributed by atoms with Gasteiger partial charge in [-0.25, -0.2) is 0 Å². The van der Waals surface area contributed by atoms with Gasteiger partial charge in [-0.2, -0.15) is 9.89 Å². The summed E-state index contributed by atoms with van der Waals surface area (Å²) in [5.74, 6) is 5.53. The number of nitrogen functional groups attached to an aromatic ring is 1.